The van der Waals surface area contributed by atoms with Gasteiger partial charge in [0, 0.05) is 21.1 Å². The summed E-state index contributed by atoms with van der Waals surface area (Å²) in [5.41, 5.74) is 2.35. The molecule has 1 aliphatic rings. The molecule has 0 fully saturated rings. The van der Waals surface area contributed by atoms with Crippen LogP contribution < -0.4 is 4.90 Å². The summed E-state index contributed by atoms with van der Waals surface area (Å²) in [5, 5.41) is 0. The van der Waals surface area contributed by atoms with Crippen LogP contribution in [-0.2, 0) is 11.2 Å². The Labute approximate surface area is 137 Å². The monoisotopic (exact) mass is 361 g/mol. The fourth-order valence-corrected chi connectivity index (χ4v) is 3.71. The van der Waals surface area contributed by atoms with Gasteiger partial charge in [0.05, 0.1) is 5.75 Å². The summed E-state index contributed by atoms with van der Waals surface area (Å²) < 4.78 is 1.06. The zero-order valence-corrected chi connectivity index (χ0v) is 14.2. The van der Waals surface area contributed by atoms with Gasteiger partial charge in [0.25, 0.3) is 0 Å². The molecule has 2 aromatic carbocycles. The Kier molecular flexibility index (Phi) is 4.36. The van der Waals surface area contributed by atoms with Crippen LogP contribution in [0, 0.1) is 0 Å². The van der Waals surface area contributed by atoms with Gasteiger partial charge < -0.3 is 4.90 Å². The lowest BCUT2D eigenvalue weighted by atomic mass is 10.1. The maximum absolute atomic E-state index is 12.6. The predicted octanol–water partition coefficient (Wildman–Crippen LogP) is 4.52. The third-order valence-corrected chi connectivity index (χ3v) is 5.18. The fraction of sp³-hybridized carbons (Fsp3) is 0.235. The van der Waals surface area contributed by atoms with Gasteiger partial charge in [0.2, 0.25) is 5.91 Å². The van der Waals surface area contributed by atoms with Crippen molar-refractivity contribution in [2.45, 2.75) is 24.3 Å². The Balaban J connectivity index is 1.70. The van der Waals surface area contributed by atoms with Crippen molar-refractivity contribution < 1.29 is 4.79 Å². The van der Waals surface area contributed by atoms with Gasteiger partial charge in [0.1, 0.15) is 0 Å². The number of nitrogens with zero attached hydrogens (tertiary/aromatic N) is 1. The van der Waals surface area contributed by atoms with Gasteiger partial charge in [-0.05, 0) is 49.2 Å². The van der Waals surface area contributed by atoms with E-state index in [1.54, 1.807) is 11.8 Å². The summed E-state index contributed by atoms with van der Waals surface area (Å²) in [6, 6.07) is 16.5. The number of hydrogen-bond donors (Lipinski definition) is 0. The summed E-state index contributed by atoms with van der Waals surface area (Å²) in [7, 11) is 0. The third kappa shape index (κ3) is 3.16. The molecule has 2 nitrogen and oxygen atoms in total. The zero-order chi connectivity index (χ0) is 14.8. The second-order valence-corrected chi connectivity index (χ2v) is 7.15. The molecular weight excluding hydrogens is 346 g/mol. The number of rotatable bonds is 3. The van der Waals surface area contributed by atoms with Crippen LogP contribution in [0.3, 0.4) is 0 Å². The quantitative estimate of drug-likeness (QED) is 0.749. The van der Waals surface area contributed by atoms with Crippen molar-refractivity contribution >= 4 is 39.3 Å². The molecule has 0 radical (unpaired) electrons. The van der Waals surface area contributed by atoms with Gasteiger partial charge in [0.15, 0.2) is 0 Å². The largest absolute Gasteiger partial charge is 0.308 e. The molecule has 0 spiro atoms. The fourth-order valence-electron chi connectivity index (χ4n) is 2.69. The maximum atomic E-state index is 12.6. The zero-order valence-electron chi connectivity index (χ0n) is 11.8. The lowest BCUT2D eigenvalue weighted by Crippen LogP contribution is -2.36. The first-order valence-electron chi connectivity index (χ1n) is 6.93. The molecule has 0 aliphatic carbocycles. The van der Waals surface area contributed by atoms with Crippen LogP contribution in [-0.4, -0.2) is 17.7 Å². The van der Waals surface area contributed by atoms with Crippen LogP contribution >= 0.6 is 27.7 Å². The number of hydrogen-bond acceptors (Lipinski definition) is 2. The predicted molar refractivity (Wildman–Crippen MR) is 92.0 cm³/mol. The molecule has 0 saturated heterocycles. The maximum Gasteiger partial charge on any atom is 0.237 e. The van der Waals surface area contributed by atoms with Crippen LogP contribution in [0.25, 0.3) is 0 Å². The Hall–Kier alpha value is -1.26. The Morgan fingerprint density at radius 2 is 1.95 bits per heavy atom. The van der Waals surface area contributed by atoms with Crippen LogP contribution in [0.15, 0.2) is 57.9 Å². The van der Waals surface area contributed by atoms with E-state index in [1.165, 1.54) is 5.56 Å². The highest BCUT2D eigenvalue weighted by Gasteiger charge is 2.30. The smallest absolute Gasteiger partial charge is 0.237 e. The number of fused-ring (bicyclic) bond motifs is 1. The second kappa shape index (κ2) is 6.24. The molecule has 1 heterocycles. The summed E-state index contributed by atoms with van der Waals surface area (Å²) in [4.78, 5) is 15.6. The molecule has 3 rings (SSSR count). The molecule has 108 valence electrons. The van der Waals surface area contributed by atoms with Crippen molar-refractivity contribution in [2.75, 3.05) is 10.7 Å². The molecule has 0 saturated carbocycles. The summed E-state index contributed by atoms with van der Waals surface area (Å²) >= 11 is 5.01. The number of thioether (sulfide) groups is 1. The lowest BCUT2D eigenvalue weighted by molar-refractivity contribution is -0.116. The number of anilines is 1. The highest BCUT2D eigenvalue weighted by molar-refractivity contribution is 9.10. The first-order chi connectivity index (χ1) is 10.1. The first kappa shape index (κ1) is 14.7. The van der Waals surface area contributed by atoms with Gasteiger partial charge in [-0.25, -0.2) is 0 Å². The van der Waals surface area contributed by atoms with Crippen molar-refractivity contribution in [3.05, 3.63) is 58.6 Å². The number of para-hydroxylation sites is 1. The minimum absolute atomic E-state index is 0.181. The molecule has 2 aromatic rings. The molecule has 1 unspecified atom stereocenters. The number of benzene rings is 2. The van der Waals surface area contributed by atoms with Crippen molar-refractivity contribution in [1.82, 2.24) is 0 Å². The van der Waals surface area contributed by atoms with Crippen molar-refractivity contribution in [3.8, 4) is 0 Å². The normalized spacial score (nSPS) is 16.9. The second-order valence-electron chi connectivity index (χ2n) is 5.19. The highest BCUT2D eigenvalue weighted by Crippen LogP contribution is 2.32. The van der Waals surface area contributed by atoms with E-state index in [0.29, 0.717) is 5.75 Å². The van der Waals surface area contributed by atoms with E-state index in [1.807, 2.05) is 47.4 Å². The first-order valence-corrected chi connectivity index (χ1v) is 8.71. The van der Waals surface area contributed by atoms with E-state index < -0.39 is 0 Å². The Morgan fingerprint density at radius 1 is 1.24 bits per heavy atom. The third-order valence-electron chi connectivity index (χ3n) is 3.65. The number of carbonyl (C=O) groups is 1. The van der Waals surface area contributed by atoms with Crippen LogP contribution in [0.5, 0.6) is 0 Å². The van der Waals surface area contributed by atoms with E-state index in [4.69, 9.17) is 0 Å². The minimum atomic E-state index is 0.181. The number of amides is 1. The highest BCUT2D eigenvalue weighted by atomic mass is 79.9. The molecule has 1 aliphatic heterocycles. The number of halogens is 1. The molecule has 4 heteroatoms. The van der Waals surface area contributed by atoms with Gasteiger partial charge in [-0.2, -0.15) is 0 Å². The number of carbonyl (C=O) groups excluding carboxylic acids is 1. The van der Waals surface area contributed by atoms with Crippen LogP contribution in [0.2, 0.25) is 0 Å². The van der Waals surface area contributed by atoms with Crippen molar-refractivity contribution in [1.29, 1.82) is 0 Å². The lowest BCUT2D eigenvalue weighted by Gasteiger charge is -2.22. The van der Waals surface area contributed by atoms with E-state index in [9.17, 15) is 4.79 Å². The Bertz CT molecular complexity index is 656. The molecule has 1 amide bonds. The topological polar surface area (TPSA) is 20.3 Å². The van der Waals surface area contributed by atoms with Gasteiger partial charge >= 0.3 is 0 Å². The SMILES string of the molecule is CC1Cc2ccccc2N1C(=O)CSc1ccc(Br)cc1. The van der Waals surface area contributed by atoms with E-state index in [0.717, 1.165) is 21.5 Å². The standard InChI is InChI=1S/C17H16BrNOS/c1-12-10-13-4-2-3-5-16(13)19(12)17(20)11-21-15-8-6-14(18)7-9-15/h2-9,12H,10-11H2,1H3. The average molecular weight is 362 g/mol. The molecular formula is C17H16BrNOS. The summed E-state index contributed by atoms with van der Waals surface area (Å²) in [5.74, 6) is 0.653. The van der Waals surface area contributed by atoms with Gasteiger partial charge in [-0.15, -0.1) is 11.8 Å². The van der Waals surface area contributed by atoms with Gasteiger partial charge in [-0.1, -0.05) is 34.1 Å². The molecule has 0 aromatic heterocycles. The summed E-state index contributed by atoms with van der Waals surface area (Å²) in [6.45, 7) is 2.11. The summed E-state index contributed by atoms with van der Waals surface area (Å²) in [6.07, 6.45) is 0.949. The average Bonchev–Trinajstić information content (AvgIpc) is 2.82. The van der Waals surface area contributed by atoms with Gasteiger partial charge in [-0.3, -0.25) is 4.79 Å². The minimum Gasteiger partial charge on any atom is -0.308 e. The van der Waals surface area contributed by atoms with Crippen molar-refractivity contribution in [3.63, 3.8) is 0 Å². The molecule has 0 N–H and O–H groups in total. The molecule has 21 heavy (non-hydrogen) atoms. The molecule has 0 bridgehead atoms. The van der Waals surface area contributed by atoms with Crippen LogP contribution in [0.4, 0.5) is 5.69 Å². The van der Waals surface area contributed by atoms with Crippen molar-refractivity contribution in [2.24, 2.45) is 0 Å². The Morgan fingerprint density at radius 3 is 2.71 bits per heavy atom. The molecule has 1 atom stereocenters. The van der Waals surface area contributed by atoms with E-state index in [-0.39, 0.29) is 11.9 Å². The van der Waals surface area contributed by atoms with Crippen LogP contribution in [0.1, 0.15) is 12.5 Å². The van der Waals surface area contributed by atoms with E-state index >= 15 is 0 Å². The van der Waals surface area contributed by atoms with E-state index in [2.05, 4.69) is 28.9 Å².